The summed E-state index contributed by atoms with van der Waals surface area (Å²) >= 11 is 0. The molecule has 0 aromatic carbocycles. The number of imidazole rings is 1. The predicted octanol–water partition coefficient (Wildman–Crippen LogP) is 1.73. The third-order valence-corrected chi connectivity index (χ3v) is 1.49. The zero-order chi connectivity index (χ0) is 7.68. The van der Waals surface area contributed by atoms with Gasteiger partial charge in [0.15, 0.2) is 0 Å². The van der Waals surface area contributed by atoms with Gasteiger partial charge in [0.05, 0.1) is 6.20 Å². The van der Waals surface area contributed by atoms with Gasteiger partial charge in [0, 0.05) is 6.20 Å². The van der Waals surface area contributed by atoms with Crippen molar-refractivity contribution in [3.05, 3.63) is 35.5 Å². The van der Waals surface area contributed by atoms with Gasteiger partial charge in [-0.25, -0.2) is 4.98 Å². The van der Waals surface area contributed by atoms with E-state index >= 15 is 0 Å². The van der Waals surface area contributed by atoms with Crippen LogP contribution >= 0.6 is 0 Å². The lowest BCUT2D eigenvalue weighted by molar-refractivity contribution is 1.16. The molecular weight excluding hydrogens is 142 g/mol. The number of nitrogens with zero attached hydrogens (tertiary/aromatic N) is 3. The van der Waals surface area contributed by atoms with Gasteiger partial charge in [0.1, 0.15) is 5.65 Å². The monoisotopic (exact) mass is 147 g/mol. The van der Waals surface area contributed by atoms with Crippen molar-refractivity contribution in [2.24, 2.45) is 5.18 Å². The molecule has 0 aliphatic carbocycles. The standard InChI is InChI=1S/C7H5N3O/c11-9-7-5-8-6-3-1-2-4-10(6)7/h1-5H. The third-order valence-electron chi connectivity index (χ3n) is 1.49. The van der Waals surface area contributed by atoms with Gasteiger partial charge in [0.25, 0.3) is 0 Å². The molecule has 2 aromatic heterocycles. The maximum Gasteiger partial charge on any atom is 0.201 e. The van der Waals surface area contributed by atoms with E-state index in [9.17, 15) is 4.91 Å². The Labute approximate surface area is 62.5 Å². The Balaban J connectivity index is 2.86. The molecule has 0 bridgehead atoms. The normalized spacial score (nSPS) is 10.2. The van der Waals surface area contributed by atoms with Crippen LogP contribution in [0.5, 0.6) is 0 Å². The molecule has 0 amide bonds. The summed E-state index contributed by atoms with van der Waals surface area (Å²) in [5.74, 6) is 0.334. The topological polar surface area (TPSA) is 46.7 Å². The number of fused-ring (bicyclic) bond motifs is 1. The smallest absolute Gasteiger partial charge is 0.201 e. The zero-order valence-electron chi connectivity index (χ0n) is 5.64. The molecule has 0 fully saturated rings. The van der Waals surface area contributed by atoms with E-state index in [1.165, 1.54) is 6.20 Å². The van der Waals surface area contributed by atoms with Crippen molar-refractivity contribution >= 4 is 11.5 Å². The fourth-order valence-electron chi connectivity index (χ4n) is 0.987. The van der Waals surface area contributed by atoms with Gasteiger partial charge in [-0.2, -0.15) is 0 Å². The van der Waals surface area contributed by atoms with Crippen molar-refractivity contribution in [3.8, 4) is 0 Å². The molecule has 11 heavy (non-hydrogen) atoms. The van der Waals surface area contributed by atoms with Crippen LogP contribution in [0.4, 0.5) is 5.82 Å². The number of aromatic nitrogens is 2. The fraction of sp³-hybridized carbons (Fsp3) is 0. The summed E-state index contributed by atoms with van der Waals surface area (Å²) in [5.41, 5.74) is 0.738. The molecule has 0 unspecified atom stereocenters. The molecular formula is C7H5N3O. The first kappa shape index (κ1) is 6.03. The van der Waals surface area contributed by atoms with Gasteiger partial charge in [-0.15, -0.1) is 4.91 Å². The first-order valence-electron chi connectivity index (χ1n) is 3.17. The van der Waals surface area contributed by atoms with Crippen molar-refractivity contribution < 1.29 is 0 Å². The Kier molecular flexibility index (Phi) is 1.18. The van der Waals surface area contributed by atoms with Crippen LogP contribution in [-0.2, 0) is 0 Å². The number of hydrogen-bond donors (Lipinski definition) is 0. The molecule has 0 saturated carbocycles. The summed E-state index contributed by atoms with van der Waals surface area (Å²) in [5, 5.41) is 2.81. The first-order chi connectivity index (χ1) is 5.42. The van der Waals surface area contributed by atoms with Crippen LogP contribution < -0.4 is 0 Å². The molecule has 0 saturated heterocycles. The second kappa shape index (κ2) is 2.16. The summed E-state index contributed by atoms with van der Waals surface area (Å²) in [6.45, 7) is 0. The molecule has 4 heteroatoms. The highest BCUT2D eigenvalue weighted by Gasteiger charge is 1.99. The molecule has 0 N–H and O–H groups in total. The van der Waals surface area contributed by atoms with Crippen LogP contribution in [0, 0.1) is 4.91 Å². The Bertz CT molecular complexity index is 393. The summed E-state index contributed by atoms with van der Waals surface area (Å²) in [7, 11) is 0. The quantitative estimate of drug-likeness (QED) is 0.576. The number of nitroso groups, excluding NO2 is 1. The molecule has 2 aromatic rings. The van der Waals surface area contributed by atoms with Crippen LogP contribution in [0.2, 0.25) is 0 Å². The van der Waals surface area contributed by atoms with Crippen molar-refractivity contribution in [3.63, 3.8) is 0 Å². The summed E-state index contributed by atoms with van der Waals surface area (Å²) < 4.78 is 1.63. The van der Waals surface area contributed by atoms with Crippen molar-refractivity contribution in [2.45, 2.75) is 0 Å². The highest BCUT2D eigenvalue weighted by Crippen LogP contribution is 2.12. The molecule has 0 atom stereocenters. The van der Waals surface area contributed by atoms with Gasteiger partial charge in [-0.3, -0.25) is 4.40 Å². The van der Waals surface area contributed by atoms with E-state index < -0.39 is 0 Å². The molecule has 2 heterocycles. The Hall–Kier alpha value is -1.71. The van der Waals surface area contributed by atoms with E-state index in [0.29, 0.717) is 5.82 Å². The lowest BCUT2D eigenvalue weighted by Gasteiger charge is -1.89. The Morgan fingerprint density at radius 3 is 3.18 bits per heavy atom. The van der Waals surface area contributed by atoms with Gasteiger partial charge >= 0.3 is 0 Å². The lowest BCUT2D eigenvalue weighted by atomic mass is 10.5. The number of pyridine rings is 1. The average Bonchev–Trinajstić information content (AvgIpc) is 2.47. The molecule has 0 aliphatic heterocycles. The Morgan fingerprint density at radius 2 is 2.36 bits per heavy atom. The predicted molar refractivity (Wildman–Crippen MR) is 40.6 cm³/mol. The van der Waals surface area contributed by atoms with Gasteiger partial charge in [-0.1, -0.05) is 6.07 Å². The third kappa shape index (κ3) is 0.797. The van der Waals surface area contributed by atoms with E-state index in [-0.39, 0.29) is 0 Å². The van der Waals surface area contributed by atoms with Crippen LogP contribution in [0.3, 0.4) is 0 Å². The van der Waals surface area contributed by atoms with Gasteiger partial charge in [0.2, 0.25) is 5.82 Å². The van der Waals surface area contributed by atoms with Crippen LogP contribution in [-0.4, -0.2) is 9.38 Å². The SMILES string of the molecule is O=Nc1cnc2ccccn12. The molecule has 4 nitrogen and oxygen atoms in total. The second-order valence-electron chi connectivity index (χ2n) is 2.14. The molecule has 2 rings (SSSR count). The fourth-order valence-corrected chi connectivity index (χ4v) is 0.987. The summed E-state index contributed by atoms with van der Waals surface area (Å²) in [6, 6.07) is 5.49. The Morgan fingerprint density at radius 1 is 1.45 bits per heavy atom. The van der Waals surface area contributed by atoms with Gasteiger partial charge in [-0.05, 0) is 17.3 Å². The maximum atomic E-state index is 10.2. The molecule has 0 aliphatic rings. The minimum absolute atomic E-state index is 0.334. The lowest BCUT2D eigenvalue weighted by Crippen LogP contribution is -1.79. The second-order valence-corrected chi connectivity index (χ2v) is 2.14. The molecule has 0 spiro atoms. The molecule has 0 radical (unpaired) electrons. The average molecular weight is 147 g/mol. The maximum absolute atomic E-state index is 10.2. The van der Waals surface area contributed by atoms with E-state index in [1.54, 1.807) is 10.6 Å². The van der Waals surface area contributed by atoms with Crippen molar-refractivity contribution in [1.29, 1.82) is 0 Å². The minimum Gasteiger partial charge on any atom is -0.282 e. The first-order valence-corrected chi connectivity index (χ1v) is 3.17. The van der Waals surface area contributed by atoms with Crippen LogP contribution in [0.15, 0.2) is 35.8 Å². The highest BCUT2D eigenvalue weighted by molar-refractivity contribution is 5.46. The van der Waals surface area contributed by atoms with Gasteiger partial charge < -0.3 is 0 Å². The zero-order valence-corrected chi connectivity index (χ0v) is 5.64. The van der Waals surface area contributed by atoms with E-state index in [2.05, 4.69) is 10.2 Å². The largest absolute Gasteiger partial charge is 0.282 e. The summed E-state index contributed by atoms with van der Waals surface area (Å²) in [6.07, 6.45) is 3.20. The number of hydrogen-bond acceptors (Lipinski definition) is 3. The van der Waals surface area contributed by atoms with Crippen molar-refractivity contribution in [1.82, 2.24) is 9.38 Å². The number of rotatable bonds is 1. The molecule has 54 valence electrons. The van der Waals surface area contributed by atoms with Crippen LogP contribution in [0.25, 0.3) is 5.65 Å². The highest BCUT2D eigenvalue weighted by atomic mass is 16.3. The van der Waals surface area contributed by atoms with Crippen LogP contribution in [0.1, 0.15) is 0 Å². The van der Waals surface area contributed by atoms with Crippen molar-refractivity contribution in [2.75, 3.05) is 0 Å². The van der Waals surface area contributed by atoms with E-state index in [0.717, 1.165) is 5.65 Å². The van der Waals surface area contributed by atoms with E-state index in [1.807, 2.05) is 18.2 Å². The summed E-state index contributed by atoms with van der Waals surface area (Å²) in [4.78, 5) is 14.1. The minimum atomic E-state index is 0.334. The van der Waals surface area contributed by atoms with E-state index in [4.69, 9.17) is 0 Å².